The van der Waals surface area contributed by atoms with E-state index in [4.69, 9.17) is 0 Å². The van der Waals surface area contributed by atoms with Crippen LogP contribution in [0.25, 0.3) is 0 Å². The van der Waals surface area contributed by atoms with Crippen LogP contribution in [0, 0.1) is 11.7 Å². The maximum absolute atomic E-state index is 13.8. The minimum Gasteiger partial charge on any atom is -0.354 e. The van der Waals surface area contributed by atoms with E-state index in [-0.39, 0.29) is 47.5 Å². The fraction of sp³-hybridized carbons (Fsp3) is 0.375. The number of carbonyl (C=O) groups excluding carboxylic acids is 2. The number of carbonyl (C=O) groups is 2. The average Bonchev–Trinajstić information content (AvgIpc) is 3.77. The van der Waals surface area contributed by atoms with E-state index in [0.717, 1.165) is 24.0 Å². The summed E-state index contributed by atoms with van der Waals surface area (Å²) in [7, 11) is -3.55. The molecule has 0 aliphatic heterocycles. The number of rotatable bonds is 14. The smallest absolute Gasteiger partial charge is 0.243 e. The highest BCUT2D eigenvalue weighted by Crippen LogP contribution is 2.23. The molecule has 41 heavy (non-hydrogen) atoms. The minimum atomic E-state index is -3.55. The van der Waals surface area contributed by atoms with Gasteiger partial charge in [-0.15, -0.1) is 0 Å². The first kappa shape index (κ1) is 30.4. The summed E-state index contributed by atoms with van der Waals surface area (Å²) in [6, 6.07) is 21.3. The van der Waals surface area contributed by atoms with Gasteiger partial charge in [0.2, 0.25) is 21.8 Å². The van der Waals surface area contributed by atoms with E-state index in [1.54, 1.807) is 41.3 Å². The van der Waals surface area contributed by atoms with Gasteiger partial charge in [-0.05, 0) is 66.1 Å². The Labute approximate surface area is 242 Å². The van der Waals surface area contributed by atoms with Crippen LogP contribution in [0.1, 0.15) is 49.8 Å². The third-order valence-corrected chi connectivity index (χ3v) is 8.52. The first-order chi connectivity index (χ1) is 19.6. The highest BCUT2D eigenvalue weighted by Gasteiger charge is 2.31. The molecule has 0 radical (unpaired) electrons. The van der Waals surface area contributed by atoms with Gasteiger partial charge < -0.3 is 10.2 Å². The van der Waals surface area contributed by atoms with Crippen LogP contribution in [-0.2, 0) is 39.0 Å². The largest absolute Gasteiger partial charge is 0.354 e. The van der Waals surface area contributed by atoms with Crippen LogP contribution in [0.2, 0.25) is 0 Å². The van der Waals surface area contributed by atoms with Crippen LogP contribution in [0.5, 0.6) is 0 Å². The minimum absolute atomic E-state index is 0.0194. The van der Waals surface area contributed by atoms with Crippen molar-refractivity contribution in [1.29, 1.82) is 0 Å². The predicted molar refractivity (Wildman–Crippen MR) is 157 cm³/mol. The Kier molecular flexibility index (Phi) is 10.3. The molecular formula is C32H38FN3O4S. The zero-order chi connectivity index (χ0) is 29.4. The van der Waals surface area contributed by atoms with Crippen LogP contribution in [0.4, 0.5) is 4.39 Å². The Hall–Kier alpha value is -3.56. The molecule has 1 aliphatic carbocycles. The Bertz CT molecular complexity index is 1410. The molecule has 2 amide bonds. The molecule has 3 aromatic rings. The zero-order valence-corrected chi connectivity index (χ0v) is 24.4. The van der Waals surface area contributed by atoms with Crippen molar-refractivity contribution in [2.24, 2.45) is 5.92 Å². The molecule has 2 N–H and O–H groups in total. The highest BCUT2D eigenvalue weighted by atomic mass is 32.2. The fourth-order valence-electron chi connectivity index (χ4n) is 4.48. The van der Waals surface area contributed by atoms with Crippen molar-refractivity contribution in [3.8, 4) is 0 Å². The van der Waals surface area contributed by atoms with Gasteiger partial charge in [0, 0.05) is 32.0 Å². The van der Waals surface area contributed by atoms with Gasteiger partial charge in [0.25, 0.3) is 0 Å². The van der Waals surface area contributed by atoms with Gasteiger partial charge in [0.15, 0.2) is 0 Å². The summed E-state index contributed by atoms with van der Waals surface area (Å²) in [5.41, 5.74) is 2.45. The van der Waals surface area contributed by atoms with Crippen molar-refractivity contribution >= 4 is 21.8 Å². The maximum atomic E-state index is 13.8. The number of hydrogen-bond donors (Lipinski definition) is 2. The standard InChI is InChI=1S/C32H38FN3O4S/c1-23(2)21-34-32(38)30(20-25-6-4-3-5-7-25)36(22-26-8-13-27(33)14-9-26)31(37)19-12-24-10-17-29(18-11-24)41(39,40)35-28-15-16-28/h3-11,13-14,17-18,23,28,30,35H,12,15-16,19-22H2,1-2H3,(H,34,38)/t30-/m1/s1. The Morgan fingerprint density at radius 2 is 1.54 bits per heavy atom. The number of benzene rings is 3. The molecule has 1 saturated carbocycles. The molecular weight excluding hydrogens is 541 g/mol. The summed E-state index contributed by atoms with van der Waals surface area (Å²) in [6.07, 6.45) is 2.54. The van der Waals surface area contributed by atoms with Crippen molar-refractivity contribution in [2.45, 2.75) is 69.5 Å². The summed E-state index contributed by atoms with van der Waals surface area (Å²) in [4.78, 5) is 29.1. The number of aryl methyl sites for hydroxylation is 1. The van der Waals surface area contributed by atoms with E-state index in [2.05, 4.69) is 10.0 Å². The molecule has 0 bridgehead atoms. The lowest BCUT2D eigenvalue weighted by Gasteiger charge is -2.32. The van der Waals surface area contributed by atoms with Crippen molar-refractivity contribution in [3.05, 3.63) is 101 Å². The Morgan fingerprint density at radius 1 is 0.902 bits per heavy atom. The highest BCUT2D eigenvalue weighted by molar-refractivity contribution is 7.89. The number of halogens is 1. The van der Waals surface area contributed by atoms with E-state index in [0.29, 0.717) is 24.9 Å². The maximum Gasteiger partial charge on any atom is 0.243 e. The summed E-state index contributed by atoms with van der Waals surface area (Å²) < 4.78 is 41.3. The van der Waals surface area contributed by atoms with Gasteiger partial charge in [-0.25, -0.2) is 17.5 Å². The molecule has 0 heterocycles. The number of nitrogens with one attached hydrogen (secondary N) is 2. The lowest BCUT2D eigenvalue weighted by atomic mass is 10.0. The molecule has 1 atom stereocenters. The summed E-state index contributed by atoms with van der Waals surface area (Å²) in [5.74, 6) is -0.596. The summed E-state index contributed by atoms with van der Waals surface area (Å²) in [5, 5.41) is 2.99. The van der Waals surface area contributed by atoms with Gasteiger partial charge in [-0.1, -0.05) is 68.4 Å². The Balaban J connectivity index is 1.54. The predicted octanol–water partition coefficient (Wildman–Crippen LogP) is 4.61. The molecule has 4 rings (SSSR count). The average molecular weight is 580 g/mol. The molecule has 0 spiro atoms. The van der Waals surface area contributed by atoms with Crippen LogP contribution in [-0.4, -0.2) is 43.8 Å². The normalized spacial score (nSPS) is 14.0. The van der Waals surface area contributed by atoms with Gasteiger partial charge in [0.1, 0.15) is 11.9 Å². The first-order valence-electron chi connectivity index (χ1n) is 14.1. The second-order valence-corrected chi connectivity index (χ2v) is 12.7. The third-order valence-electron chi connectivity index (χ3n) is 6.98. The SMILES string of the molecule is CC(C)CNC(=O)[C@@H](Cc1ccccc1)N(Cc1ccc(F)cc1)C(=O)CCc1ccc(S(=O)(=O)NC2CC2)cc1. The Morgan fingerprint density at radius 3 is 2.15 bits per heavy atom. The van der Waals surface area contributed by atoms with Crippen molar-refractivity contribution in [1.82, 2.24) is 14.9 Å². The number of sulfonamides is 1. The molecule has 0 unspecified atom stereocenters. The lowest BCUT2D eigenvalue weighted by molar-refractivity contribution is -0.141. The molecule has 7 nitrogen and oxygen atoms in total. The topological polar surface area (TPSA) is 95.6 Å². The van der Waals surface area contributed by atoms with Gasteiger partial charge in [-0.3, -0.25) is 9.59 Å². The summed E-state index contributed by atoms with van der Waals surface area (Å²) in [6.45, 7) is 4.64. The van der Waals surface area contributed by atoms with Gasteiger partial charge in [0.05, 0.1) is 4.90 Å². The zero-order valence-electron chi connectivity index (χ0n) is 23.6. The first-order valence-corrected chi connectivity index (χ1v) is 15.6. The third kappa shape index (κ3) is 9.23. The molecule has 1 fully saturated rings. The van der Waals surface area contributed by atoms with Crippen molar-refractivity contribution < 1.29 is 22.4 Å². The molecule has 218 valence electrons. The lowest BCUT2D eigenvalue weighted by Crippen LogP contribution is -2.51. The van der Waals surface area contributed by atoms with Crippen LogP contribution < -0.4 is 10.0 Å². The van der Waals surface area contributed by atoms with Crippen LogP contribution >= 0.6 is 0 Å². The fourth-order valence-corrected chi connectivity index (χ4v) is 5.79. The monoisotopic (exact) mass is 579 g/mol. The number of amides is 2. The van der Waals surface area contributed by atoms with Crippen LogP contribution in [0.3, 0.4) is 0 Å². The summed E-state index contributed by atoms with van der Waals surface area (Å²) >= 11 is 0. The molecule has 1 aliphatic rings. The van der Waals surface area contributed by atoms with E-state index >= 15 is 0 Å². The van der Waals surface area contributed by atoms with E-state index in [1.807, 2.05) is 44.2 Å². The van der Waals surface area contributed by atoms with E-state index in [1.165, 1.54) is 12.1 Å². The molecule has 9 heteroatoms. The molecule has 3 aromatic carbocycles. The van der Waals surface area contributed by atoms with Crippen molar-refractivity contribution in [2.75, 3.05) is 6.54 Å². The molecule has 0 saturated heterocycles. The van der Waals surface area contributed by atoms with Crippen molar-refractivity contribution in [3.63, 3.8) is 0 Å². The van der Waals surface area contributed by atoms with E-state index in [9.17, 15) is 22.4 Å². The number of hydrogen-bond acceptors (Lipinski definition) is 4. The quantitative estimate of drug-likeness (QED) is 0.292. The van der Waals surface area contributed by atoms with Gasteiger partial charge >= 0.3 is 0 Å². The number of nitrogens with zero attached hydrogens (tertiary/aromatic N) is 1. The van der Waals surface area contributed by atoms with Gasteiger partial charge in [-0.2, -0.15) is 0 Å². The molecule has 0 aromatic heterocycles. The van der Waals surface area contributed by atoms with E-state index < -0.39 is 16.1 Å². The second-order valence-electron chi connectivity index (χ2n) is 11.0. The second kappa shape index (κ2) is 13.9. The van der Waals surface area contributed by atoms with Crippen LogP contribution in [0.15, 0.2) is 83.8 Å².